The molecule has 0 spiro atoms. The lowest BCUT2D eigenvalue weighted by molar-refractivity contribution is -0.147. The predicted octanol–water partition coefficient (Wildman–Crippen LogP) is 13.6. The number of rotatable bonds is 46. The van der Waals surface area contributed by atoms with Crippen molar-refractivity contribution in [1.82, 2.24) is 5.32 Å². The van der Waals surface area contributed by atoms with Gasteiger partial charge >= 0.3 is 13.8 Å². The molecule has 2 unspecified atom stereocenters. The lowest BCUT2D eigenvalue weighted by atomic mass is 10.0. The Morgan fingerprint density at radius 3 is 1.16 bits per heavy atom. The maximum atomic E-state index is 12.1. The number of unbranched alkanes of at least 4 members (excludes halogenated alkanes) is 33. The summed E-state index contributed by atoms with van der Waals surface area (Å²) < 4.78 is 26.9. The number of carbonyl (C=O) groups excluding carboxylic acids is 2. The van der Waals surface area contributed by atoms with Crippen molar-refractivity contribution in [3.8, 4) is 0 Å². The third-order valence-corrected chi connectivity index (χ3v) is 11.8. The predicted molar refractivity (Wildman–Crippen MR) is 234 cm³/mol. The Bertz CT molecular complexity index is 891. The summed E-state index contributed by atoms with van der Waals surface area (Å²) in [6, 6.07) is 0. The van der Waals surface area contributed by atoms with Crippen LogP contribution < -0.4 is 5.32 Å². The third kappa shape index (κ3) is 44.1. The number of amides is 1. The van der Waals surface area contributed by atoms with Gasteiger partial charge in [-0.2, -0.15) is 0 Å². The Hall–Kier alpha value is -0.990. The highest BCUT2D eigenvalue weighted by Gasteiger charge is 2.23. The summed E-state index contributed by atoms with van der Waals surface area (Å²) in [7, 11) is -4.41. The van der Waals surface area contributed by atoms with Crippen LogP contribution in [0.15, 0.2) is 0 Å². The molecule has 0 aromatic heterocycles. The van der Waals surface area contributed by atoms with Gasteiger partial charge in [-0.1, -0.05) is 226 Å². The van der Waals surface area contributed by atoms with E-state index in [1.165, 1.54) is 186 Å². The van der Waals surface area contributed by atoms with Gasteiger partial charge in [-0.15, -0.1) is 0 Å². The van der Waals surface area contributed by atoms with Gasteiger partial charge in [0.05, 0.1) is 13.2 Å². The number of nitrogens with one attached hydrogen (secondary N) is 1. The molecule has 0 aromatic rings. The Morgan fingerprint density at radius 2 is 0.804 bits per heavy atom. The molecule has 0 saturated carbocycles. The highest BCUT2D eigenvalue weighted by molar-refractivity contribution is 7.47. The third-order valence-electron chi connectivity index (χ3n) is 10.8. The Balaban J connectivity index is 3.50. The number of carbonyl (C=O) groups is 2. The molecular weight excluding hydrogens is 725 g/mol. The van der Waals surface area contributed by atoms with E-state index in [4.69, 9.17) is 13.8 Å². The normalized spacial score (nSPS) is 13.1. The van der Waals surface area contributed by atoms with E-state index in [1.54, 1.807) is 0 Å². The van der Waals surface area contributed by atoms with E-state index in [2.05, 4.69) is 19.2 Å². The summed E-state index contributed by atoms with van der Waals surface area (Å²) in [6.07, 6.45) is 44.7. The van der Waals surface area contributed by atoms with Crippen molar-refractivity contribution >= 4 is 19.7 Å². The van der Waals surface area contributed by atoms with Crippen molar-refractivity contribution in [2.24, 2.45) is 0 Å². The van der Waals surface area contributed by atoms with Crippen LogP contribution in [0.3, 0.4) is 0 Å². The molecule has 0 saturated heterocycles. The molecule has 10 heteroatoms. The second kappa shape index (κ2) is 43.6. The van der Waals surface area contributed by atoms with Crippen LogP contribution in [0.4, 0.5) is 0 Å². The first-order valence-electron chi connectivity index (χ1n) is 24.0. The number of hydrogen-bond donors (Lipinski definition) is 3. The minimum Gasteiger partial charge on any atom is -0.463 e. The van der Waals surface area contributed by atoms with Crippen LogP contribution in [-0.4, -0.2) is 54.3 Å². The molecule has 56 heavy (non-hydrogen) atoms. The van der Waals surface area contributed by atoms with Gasteiger partial charge in [0.2, 0.25) is 5.91 Å². The molecule has 0 aromatic carbocycles. The monoisotopic (exact) mass is 818 g/mol. The van der Waals surface area contributed by atoms with E-state index in [0.29, 0.717) is 6.42 Å². The fourth-order valence-corrected chi connectivity index (χ4v) is 7.91. The molecule has 0 aliphatic rings. The van der Waals surface area contributed by atoms with Crippen LogP contribution in [0.5, 0.6) is 0 Å². The van der Waals surface area contributed by atoms with Gasteiger partial charge in [0.25, 0.3) is 0 Å². The molecule has 2 atom stereocenters. The number of phosphoric ester groups is 1. The zero-order valence-electron chi connectivity index (χ0n) is 36.9. The van der Waals surface area contributed by atoms with Gasteiger partial charge in [-0.3, -0.25) is 18.6 Å². The highest BCUT2D eigenvalue weighted by Crippen LogP contribution is 2.42. The van der Waals surface area contributed by atoms with Crippen LogP contribution in [0.1, 0.15) is 251 Å². The van der Waals surface area contributed by atoms with E-state index in [9.17, 15) is 24.2 Å². The van der Waals surface area contributed by atoms with Gasteiger partial charge in [0.15, 0.2) is 0 Å². The van der Waals surface area contributed by atoms with E-state index >= 15 is 0 Å². The average molecular weight is 818 g/mol. The minimum absolute atomic E-state index is 0.0887. The van der Waals surface area contributed by atoms with E-state index in [-0.39, 0.29) is 32.1 Å². The molecule has 334 valence electrons. The van der Waals surface area contributed by atoms with Gasteiger partial charge in [-0.05, 0) is 12.8 Å². The molecule has 0 rings (SSSR count). The molecule has 0 aliphatic carbocycles. The summed E-state index contributed by atoms with van der Waals surface area (Å²) in [5.41, 5.74) is 0. The minimum atomic E-state index is -4.41. The summed E-state index contributed by atoms with van der Waals surface area (Å²) in [6.45, 7) is 3.60. The Kier molecular flexibility index (Phi) is 42.8. The highest BCUT2D eigenvalue weighted by atomic mass is 31.2. The van der Waals surface area contributed by atoms with E-state index in [0.717, 1.165) is 38.5 Å². The summed E-state index contributed by atoms with van der Waals surface area (Å²) in [5, 5.41) is 12.7. The quantitative estimate of drug-likeness (QED) is 0.0314. The second-order valence-corrected chi connectivity index (χ2v) is 17.9. The molecule has 0 fully saturated rings. The number of phosphoric acid groups is 1. The molecule has 0 bridgehead atoms. The molecular formula is C46H92NO8P. The molecule has 9 nitrogen and oxygen atoms in total. The van der Waals surface area contributed by atoms with Crippen LogP contribution in [-0.2, 0) is 27.9 Å². The van der Waals surface area contributed by atoms with Crippen molar-refractivity contribution in [1.29, 1.82) is 0 Å². The lowest BCUT2D eigenvalue weighted by Crippen LogP contribution is -2.27. The smallest absolute Gasteiger partial charge is 0.463 e. The topological polar surface area (TPSA) is 131 Å². The van der Waals surface area contributed by atoms with Gasteiger partial charge < -0.3 is 20.1 Å². The zero-order chi connectivity index (χ0) is 41.1. The first-order chi connectivity index (χ1) is 27.3. The number of hydrogen-bond acceptors (Lipinski definition) is 7. The standard InChI is InChI=1S/C46H92NO8P/c1-3-5-7-9-11-13-15-17-18-19-20-21-22-23-24-25-27-28-30-32-34-36-38-45(49)47-40-41-54-56(51,52)55-43-44(48)42-53-46(50)39-37-35-33-31-29-26-16-14-12-10-8-6-4-2/h44,48H,3-43H2,1-2H3,(H,47,49)(H,51,52). The molecule has 3 N–H and O–H groups in total. The molecule has 0 heterocycles. The van der Waals surface area contributed by atoms with Gasteiger partial charge in [0, 0.05) is 19.4 Å². The zero-order valence-corrected chi connectivity index (χ0v) is 37.8. The first kappa shape index (κ1) is 55.0. The lowest BCUT2D eigenvalue weighted by Gasteiger charge is -2.15. The van der Waals surface area contributed by atoms with Crippen molar-refractivity contribution in [2.75, 3.05) is 26.4 Å². The SMILES string of the molecule is CCCCCCCCCCCCCCCCCCCCCCCCC(=O)NCCOP(=O)(O)OCC(O)COC(=O)CCCCCCCCCCCCCCC. The molecule has 0 radical (unpaired) electrons. The van der Waals surface area contributed by atoms with Gasteiger partial charge in [0.1, 0.15) is 12.7 Å². The second-order valence-electron chi connectivity index (χ2n) is 16.5. The number of ether oxygens (including phenoxy) is 1. The van der Waals surface area contributed by atoms with Crippen molar-refractivity contribution < 1.29 is 37.9 Å². The fraction of sp³-hybridized carbons (Fsp3) is 0.957. The Labute approximate surface area is 346 Å². The fourth-order valence-electron chi connectivity index (χ4n) is 7.15. The van der Waals surface area contributed by atoms with E-state index in [1.807, 2.05) is 0 Å². The van der Waals surface area contributed by atoms with Crippen molar-refractivity contribution in [3.63, 3.8) is 0 Å². The van der Waals surface area contributed by atoms with Crippen LogP contribution in [0, 0.1) is 0 Å². The van der Waals surface area contributed by atoms with Crippen molar-refractivity contribution in [2.45, 2.75) is 258 Å². The molecule has 0 aliphatic heterocycles. The number of aliphatic hydroxyl groups is 1. The maximum absolute atomic E-state index is 12.1. The average Bonchev–Trinajstić information content (AvgIpc) is 3.18. The first-order valence-corrected chi connectivity index (χ1v) is 25.5. The van der Waals surface area contributed by atoms with Crippen LogP contribution in [0.2, 0.25) is 0 Å². The summed E-state index contributed by atoms with van der Waals surface area (Å²) in [4.78, 5) is 33.9. The number of esters is 1. The summed E-state index contributed by atoms with van der Waals surface area (Å²) in [5.74, 6) is -0.501. The Morgan fingerprint density at radius 1 is 0.482 bits per heavy atom. The van der Waals surface area contributed by atoms with Gasteiger partial charge in [-0.25, -0.2) is 4.57 Å². The largest absolute Gasteiger partial charge is 0.472 e. The van der Waals surface area contributed by atoms with E-state index < -0.39 is 26.5 Å². The van der Waals surface area contributed by atoms with Crippen LogP contribution >= 0.6 is 7.82 Å². The summed E-state index contributed by atoms with van der Waals surface area (Å²) >= 11 is 0. The van der Waals surface area contributed by atoms with Crippen molar-refractivity contribution in [3.05, 3.63) is 0 Å². The number of aliphatic hydroxyl groups excluding tert-OH is 1. The maximum Gasteiger partial charge on any atom is 0.472 e. The van der Waals surface area contributed by atoms with Crippen LogP contribution in [0.25, 0.3) is 0 Å². The molecule has 1 amide bonds.